The summed E-state index contributed by atoms with van der Waals surface area (Å²) in [5, 5.41) is 4.28. The molecule has 0 unspecified atom stereocenters. The zero-order chi connectivity index (χ0) is 10.1. The van der Waals surface area contributed by atoms with Gasteiger partial charge in [0.15, 0.2) is 0 Å². The van der Waals surface area contributed by atoms with E-state index in [9.17, 15) is 0 Å². The summed E-state index contributed by atoms with van der Waals surface area (Å²) in [5.74, 6) is 0. The van der Waals surface area contributed by atoms with Gasteiger partial charge in [0.05, 0.1) is 11.9 Å². The number of aryl methyl sites for hydroxylation is 2. The van der Waals surface area contributed by atoms with E-state index in [1.807, 2.05) is 30.1 Å². The lowest BCUT2D eigenvalue weighted by atomic mass is 10.2. The number of hydrogen-bond acceptors (Lipinski definition) is 1. The van der Waals surface area contributed by atoms with E-state index < -0.39 is 0 Å². The average molecular weight is 251 g/mol. The second-order valence-electron chi connectivity index (χ2n) is 3.39. The Morgan fingerprint density at radius 3 is 2.64 bits per heavy atom. The standard InChI is InChI=1S/C11H11BrN2/c1-8-6-13-14(7-8)11-4-3-10(12)5-9(11)2/h3-7H,1-2H3. The van der Waals surface area contributed by atoms with Crippen molar-refractivity contribution in [3.05, 3.63) is 46.2 Å². The molecule has 0 atom stereocenters. The molecule has 2 rings (SSSR count). The number of rotatable bonds is 1. The predicted molar refractivity (Wildman–Crippen MR) is 60.7 cm³/mol. The third-order valence-corrected chi connectivity index (χ3v) is 2.61. The van der Waals surface area contributed by atoms with Crippen molar-refractivity contribution in [2.24, 2.45) is 0 Å². The smallest absolute Gasteiger partial charge is 0.0675 e. The molecular formula is C11H11BrN2. The molecule has 1 aromatic carbocycles. The molecule has 0 aliphatic heterocycles. The maximum absolute atomic E-state index is 4.28. The van der Waals surface area contributed by atoms with Crippen molar-refractivity contribution >= 4 is 15.9 Å². The third-order valence-electron chi connectivity index (χ3n) is 2.12. The lowest BCUT2D eigenvalue weighted by molar-refractivity contribution is 0.872. The molecule has 0 N–H and O–H groups in total. The SMILES string of the molecule is Cc1cnn(-c2ccc(Br)cc2C)c1. The Hall–Kier alpha value is -1.09. The minimum atomic E-state index is 1.10. The van der Waals surface area contributed by atoms with Crippen molar-refractivity contribution in [2.45, 2.75) is 13.8 Å². The minimum absolute atomic E-state index is 1.10. The van der Waals surface area contributed by atoms with E-state index in [2.05, 4.69) is 40.1 Å². The van der Waals surface area contributed by atoms with Crippen LogP contribution < -0.4 is 0 Å². The van der Waals surface area contributed by atoms with E-state index in [0.29, 0.717) is 0 Å². The van der Waals surface area contributed by atoms with Crippen molar-refractivity contribution in [1.29, 1.82) is 0 Å². The van der Waals surface area contributed by atoms with Gasteiger partial charge in [0.25, 0.3) is 0 Å². The van der Waals surface area contributed by atoms with E-state index in [-0.39, 0.29) is 0 Å². The number of benzene rings is 1. The first-order valence-electron chi connectivity index (χ1n) is 4.44. The summed E-state index contributed by atoms with van der Waals surface area (Å²) in [6, 6.07) is 6.18. The van der Waals surface area contributed by atoms with Gasteiger partial charge in [-0.2, -0.15) is 5.10 Å². The first-order valence-corrected chi connectivity index (χ1v) is 5.24. The molecule has 2 nitrogen and oxygen atoms in total. The van der Waals surface area contributed by atoms with Gasteiger partial charge in [-0.1, -0.05) is 15.9 Å². The highest BCUT2D eigenvalue weighted by Crippen LogP contribution is 2.18. The quantitative estimate of drug-likeness (QED) is 0.760. The maximum atomic E-state index is 4.28. The molecule has 0 aliphatic carbocycles. The highest BCUT2D eigenvalue weighted by molar-refractivity contribution is 9.10. The molecule has 2 aromatic rings. The van der Waals surface area contributed by atoms with Crippen LogP contribution in [0.1, 0.15) is 11.1 Å². The molecule has 0 fully saturated rings. The van der Waals surface area contributed by atoms with Crippen LogP contribution in [0.4, 0.5) is 0 Å². The molecule has 0 spiro atoms. The molecular weight excluding hydrogens is 240 g/mol. The predicted octanol–water partition coefficient (Wildman–Crippen LogP) is 3.25. The van der Waals surface area contributed by atoms with Crippen LogP contribution in [0.2, 0.25) is 0 Å². The van der Waals surface area contributed by atoms with Gasteiger partial charge in [0.2, 0.25) is 0 Å². The molecule has 1 heterocycles. The van der Waals surface area contributed by atoms with E-state index in [4.69, 9.17) is 0 Å². The Morgan fingerprint density at radius 1 is 1.29 bits per heavy atom. The van der Waals surface area contributed by atoms with Crippen LogP contribution in [0.5, 0.6) is 0 Å². The monoisotopic (exact) mass is 250 g/mol. The fourth-order valence-corrected chi connectivity index (χ4v) is 1.90. The van der Waals surface area contributed by atoms with E-state index in [1.165, 1.54) is 11.1 Å². The van der Waals surface area contributed by atoms with Crippen molar-refractivity contribution in [3.63, 3.8) is 0 Å². The summed E-state index contributed by atoms with van der Waals surface area (Å²) in [5.41, 5.74) is 3.51. The summed E-state index contributed by atoms with van der Waals surface area (Å²) < 4.78 is 3.00. The number of aromatic nitrogens is 2. The first kappa shape index (κ1) is 9.46. The molecule has 1 aromatic heterocycles. The van der Waals surface area contributed by atoms with Crippen LogP contribution in [0.25, 0.3) is 5.69 Å². The normalized spacial score (nSPS) is 10.5. The van der Waals surface area contributed by atoms with E-state index in [0.717, 1.165) is 10.2 Å². The second kappa shape index (κ2) is 3.58. The summed E-state index contributed by atoms with van der Waals surface area (Å²) >= 11 is 3.44. The van der Waals surface area contributed by atoms with Crippen LogP contribution in [0.3, 0.4) is 0 Å². The third kappa shape index (κ3) is 1.73. The van der Waals surface area contributed by atoms with Crippen molar-refractivity contribution < 1.29 is 0 Å². The van der Waals surface area contributed by atoms with Crippen LogP contribution >= 0.6 is 15.9 Å². The summed E-state index contributed by atoms with van der Waals surface area (Å²) in [6.07, 6.45) is 3.89. The van der Waals surface area contributed by atoms with Crippen molar-refractivity contribution in [2.75, 3.05) is 0 Å². The second-order valence-corrected chi connectivity index (χ2v) is 4.31. The Morgan fingerprint density at radius 2 is 2.07 bits per heavy atom. The Bertz CT molecular complexity index is 460. The van der Waals surface area contributed by atoms with Gasteiger partial charge >= 0.3 is 0 Å². The number of hydrogen-bond donors (Lipinski definition) is 0. The van der Waals surface area contributed by atoms with Crippen molar-refractivity contribution in [3.8, 4) is 5.69 Å². The molecule has 0 aliphatic rings. The van der Waals surface area contributed by atoms with Crippen LogP contribution in [0, 0.1) is 13.8 Å². The van der Waals surface area contributed by atoms with Crippen molar-refractivity contribution in [1.82, 2.24) is 9.78 Å². The van der Waals surface area contributed by atoms with E-state index >= 15 is 0 Å². The van der Waals surface area contributed by atoms with E-state index in [1.54, 1.807) is 0 Å². The summed E-state index contributed by atoms with van der Waals surface area (Å²) in [6.45, 7) is 4.12. The van der Waals surface area contributed by atoms with Crippen LogP contribution in [-0.4, -0.2) is 9.78 Å². The molecule has 0 bridgehead atoms. The van der Waals surface area contributed by atoms with Crippen LogP contribution in [0.15, 0.2) is 35.1 Å². The molecule has 0 radical (unpaired) electrons. The topological polar surface area (TPSA) is 17.8 Å². The minimum Gasteiger partial charge on any atom is -0.240 e. The van der Waals surface area contributed by atoms with Gasteiger partial charge in [-0.15, -0.1) is 0 Å². The zero-order valence-electron chi connectivity index (χ0n) is 8.16. The lowest BCUT2D eigenvalue weighted by Gasteiger charge is -2.05. The highest BCUT2D eigenvalue weighted by atomic mass is 79.9. The zero-order valence-corrected chi connectivity index (χ0v) is 9.75. The highest BCUT2D eigenvalue weighted by Gasteiger charge is 2.02. The van der Waals surface area contributed by atoms with Gasteiger partial charge in [0, 0.05) is 10.7 Å². The summed E-state index contributed by atoms with van der Waals surface area (Å²) in [4.78, 5) is 0. The lowest BCUT2D eigenvalue weighted by Crippen LogP contribution is -1.96. The van der Waals surface area contributed by atoms with Gasteiger partial charge in [-0.25, -0.2) is 4.68 Å². The Labute approximate surface area is 91.7 Å². The van der Waals surface area contributed by atoms with Crippen LogP contribution in [-0.2, 0) is 0 Å². The van der Waals surface area contributed by atoms with Gasteiger partial charge < -0.3 is 0 Å². The molecule has 0 saturated heterocycles. The number of halogens is 1. The molecule has 14 heavy (non-hydrogen) atoms. The molecule has 0 amide bonds. The fraction of sp³-hybridized carbons (Fsp3) is 0.182. The molecule has 72 valence electrons. The fourth-order valence-electron chi connectivity index (χ4n) is 1.42. The largest absolute Gasteiger partial charge is 0.240 e. The van der Waals surface area contributed by atoms with Gasteiger partial charge in [0.1, 0.15) is 0 Å². The Balaban J connectivity index is 2.52. The first-order chi connectivity index (χ1) is 6.66. The average Bonchev–Trinajstić information content (AvgIpc) is 2.51. The maximum Gasteiger partial charge on any atom is 0.0675 e. The molecule has 3 heteroatoms. The summed E-state index contributed by atoms with van der Waals surface area (Å²) in [7, 11) is 0. The van der Waals surface area contributed by atoms with Gasteiger partial charge in [-0.05, 0) is 43.2 Å². The Kier molecular flexibility index (Phi) is 2.42. The molecule has 0 saturated carbocycles. The number of nitrogens with zero attached hydrogens (tertiary/aromatic N) is 2. The van der Waals surface area contributed by atoms with Gasteiger partial charge in [-0.3, -0.25) is 0 Å².